The molecule has 0 aromatic carbocycles. The van der Waals surface area contributed by atoms with Gasteiger partial charge in [-0.1, -0.05) is 13.3 Å². The van der Waals surface area contributed by atoms with Crippen LogP contribution in [0, 0.1) is 0 Å². The van der Waals surface area contributed by atoms with Crippen molar-refractivity contribution in [3.63, 3.8) is 0 Å². The van der Waals surface area contributed by atoms with Crippen LogP contribution < -0.4 is 11.1 Å². The number of unbranched alkanes of at least 4 members (excludes halogenated alkanes) is 2. The molecule has 1 aliphatic heterocycles. The first kappa shape index (κ1) is 13.0. The zero-order valence-corrected chi connectivity index (χ0v) is 10.1. The summed E-state index contributed by atoms with van der Waals surface area (Å²) in [7, 11) is 0. The number of hydrogen-bond donors (Lipinski definition) is 2. The number of imide groups is 1. The molecule has 1 saturated heterocycles. The Labute approximate surface area is 96.4 Å². The second kappa shape index (κ2) is 5.30. The van der Waals surface area contributed by atoms with E-state index in [1.807, 2.05) is 6.92 Å². The second-order valence-corrected chi connectivity index (χ2v) is 4.42. The van der Waals surface area contributed by atoms with Crippen molar-refractivity contribution in [3.05, 3.63) is 0 Å². The van der Waals surface area contributed by atoms with E-state index < -0.39 is 5.54 Å². The summed E-state index contributed by atoms with van der Waals surface area (Å²) in [6, 6.07) is -0.262. The fraction of sp³-hybridized carbons (Fsp3) is 0.818. The van der Waals surface area contributed by atoms with Crippen LogP contribution in [0.5, 0.6) is 0 Å². The number of nitrogens with one attached hydrogen (secondary N) is 1. The molecular formula is C11H21N3O2. The fourth-order valence-electron chi connectivity index (χ4n) is 1.78. The maximum absolute atomic E-state index is 12.0. The maximum Gasteiger partial charge on any atom is 0.325 e. The second-order valence-electron chi connectivity index (χ2n) is 4.42. The summed E-state index contributed by atoms with van der Waals surface area (Å²) in [5.74, 6) is -0.104. The molecular weight excluding hydrogens is 206 g/mol. The van der Waals surface area contributed by atoms with Gasteiger partial charge in [-0.3, -0.25) is 9.69 Å². The number of amides is 3. The van der Waals surface area contributed by atoms with Crippen molar-refractivity contribution in [1.29, 1.82) is 0 Å². The highest BCUT2D eigenvalue weighted by Gasteiger charge is 2.45. The van der Waals surface area contributed by atoms with Crippen LogP contribution in [-0.4, -0.2) is 35.5 Å². The Kier molecular flexibility index (Phi) is 4.29. The van der Waals surface area contributed by atoms with Gasteiger partial charge >= 0.3 is 6.03 Å². The van der Waals surface area contributed by atoms with Gasteiger partial charge in [0.05, 0.1) is 0 Å². The van der Waals surface area contributed by atoms with Crippen LogP contribution in [0.3, 0.4) is 0 Å². The third-order valence-electron chi connectivity index (χ3n) is 3.14. The number of urea groups is 1. The van der Waals surface area contributed by atoms with Gasteiger partial charge in [0.1, 0.15) is 5.54 Å². The molecule has 3 amide bonds. The molecule has 1 aliphatic rings. The van der Waals surface area contributed by atoms with Crippen molar-refractivity contribution in [3.8, 4) is 0 Å². The number of nitrogens with zero attached hydrogens (tertiary/aromatic N) is 1. The number of carbonyl (C=O) groups excluding carboxylic acids is 2. The first-order valence-electron chi connectivity index (χ1n) is 5.89. The number of nitrogens with two attached hydrogens (primary N) is 1. The minimum atomic E-state index is -0.703. The lowest BCUT2D eigenvalue weighted by molar-refractivity contribution is -0.130. The van der Waals surface area contributed by atoms with Gasteiger partial charge in [-0.2, -0.15) is 0 Å². The standard InChI is InChI=1S/C11H21N3O2/c1-3-11(2)9(15)14(10(16)13-11)8-6-4-5-7-12/h3-8,12H2,1-2H3,(H,13,16). The van der Waals surface area contributed by atoms with Crippen LogP contribution in [-0.2, 0) is 4.79 Å². The smallest absolute Gasteiger partial charge is 0.325 e. The Morgan fingerprint density at radius 3 is 2.50 bits per heavy atom. The van der Waals surface area contributed by atoms with Crippen molar-refractivity contribution < 1.29 is 9.59 Å². The SMILES string of the molecule is CCC1(C)NC(=O)N(CCCCCN)C1=O. The van der Waals surface area contributed by atoms with E-state index in [9.17, 15) is 9.59 Å². The molecule has 1 rings (SSSR count). The largest absolute Gasteiger partial charge is 0.330 e. The van der Waals surface area contributed by atoms with E-state index >= 15 is 0 Å². The first-order valence-corrected chi connectivity index (χ1v) is 5.89. The molecule has 0 aromatic rings. The van der Waals surface area contributed by atoms with Gasteiger partial charge in [-0.05, 0) is 32.7 Å². The van der Waals surface area contributed by atoms with Gasteiger partial charge in [0, 0.05) is 6.54 Å². The molecule has 0 spiro atoms. The van der Waals surface area contributed by atoms with Crippen LogP contribution in [0.4, 0.5) is 4.79 Å². The molecule has 0 radical (unpaired) electrons. The molecule has 0 bridgehead atoms. The van der Waals surface area contributed by atoms with Gasteiger partial charge < -0.3 is 11.1 Å². The van der Waals surface area contributed by atoms with E-state index in [0.29, 0.717) is 19.5 Å². The Hall–Kier alpha value is -1.10. The summed E-state index contributed by atoms with van der Waals surface area (Å²) < 4.78 is 0. The summed E-state index contributed by atoms with van der Waals surface area (Å²) in [6.45, 7) is 4.83. The summed E-state index contributed by atoms with van der Waals surface area (Å²) in [4.78, 5) is 24.9. The lowest BCUT2D eigenvalue weighted by Crippen LogP contribution is -2.43. The summed E-state index contributed by atoms with van der Waals surface area (Å²) in [6.07, 6.45) is 3.35. The first-order chi connectivity index (χ1) is 7.55. The van der Waals surface area contributed by atoms with Gasteiger partial charge in [-0.25, -0.2) is 4.79 Å². The van der Waals surface area contributed by atoms with Crippen LogP contribution >= 0.6 is 0 Å². The lowest BCUT2D eigenvalue weighted by Gasteiger charge is -2.19. The Morgan fingerprint density at radius 2 is 2.00 bits per heavy atom. The molecule has 16 heavy (non-hydrogen) atoms. The van der Waals surface area contributed by atoms with E-state index in [0.717, 1.165) is 19.3 Å². The highest BCUT2D eigenvalue weighted by atomic mass is 16.2. The predicted octanol–water partition coefficient (Wildman–Crippen LogP) is 0.836. The van der Waals surface area contributed by atoms with Crippen molar-refractivity contribution >= 4 is 11.9 Å². The molecule has 0 aromatic heterocycles. The van der Waals surface area contributed by atoms with Gasteiger partial charge in [0.15, 0.2) is 0 Å². The Morgan fingerprint density at radius 1 is 1.31 bits per heavy atom. The normalized spacial score (nSPS) is 25.1. The molecule has 0 saturated carbocycles. The van der Waals surface area contributed by atoms with Crippen molar-refractivity contribution in [2.45, 2.75) is 45.1 Å². The summed E-state index contributed by atoms with van der Waals surface area (Å²) in [5, 5.41) is 2.73. The molecule has 92 valence electrons. The van der Waals surface area contributed by atoms with Gasteiger partial charge in [0.25, 0.3) is 5.91 Å². The van der Waals surface area contributed by atoms with Crippen molar-refractivity contribution in [2.75, 3.05) is 13.1 Å². The molecule has 1 fully saturated rings. The number of hydrogen-bond acceptors (Lipinski definition) is 3. The van der Waals surface area contributed by atoms with Gasteiger partial charge in [-0.15, -0.1) is 0 Å². The average Bonchev–Trinajstić information content (AvgIpc) is 2.48. The third-order valence-corrected chi connectivity index (χ3v) is 3.14. The van der Waals surface area contributed by atoms with E-state index in [4.69, 9.17) is 5.73 Å². The molecule has 3 N–H and O–H groups in total. The molecule has 5 heteroatoms. The van der Waals surface area contributed by atoms with Crippen molar-refractivity contribution in [2.24, 2.45) is 5.73 Å². The lowest BCUT2D eigenvalue weighted by atomic mass is 9.99. The van der Waals surface area contributed by atoms with Crippen LogP contribution in [0.2, 0.25) is 0 Å². The van der Waals surface area contributed by atoms with Gasteiger partial charge in [0.2, 0.25) is 0 Å². The molecule has 1 heterocycles. The maximum atomic E-state index is 12.0. The van der Waals surface area contributed by atoms with Crippen LogP contribution in [0.25, 0.3) is 0 Å². The number of carbonyl (C=O) groups is 2. The minimum Gasteiger partial charge on any atom is -0.330 e. The summed E-state index contributed by atoms with van der Waals surface area (Å²) >= 11 is 0. The zero-order chi connectivity index (χ0) is 12.2. The average molecular weight is 227 g/mol. The van der Waals surface area contributed by atoms with E-state index in [-0.39, 0.29) is 11.9 Å². The molecule has 1 unspecified atom stereocenters. The quantitative estimate of drug-likeness (QED) is 0.521. The number of rotatable bonds is 6. The Bertz CT molecular complexity index is 280. The van der Waals surface area contributed by atoms with Crippen LogP contribution in [0.15, 0.2) is 0 Å². The monoisotopic (exact) mass is 227 g/mol. The van der Waals surface area contributed by atoms with Crippen LogP contribution in [0.1, 0.15) is 39.5 Å². The van der Waals surface area contributed by atoms with E-state index in [1.54, 1.807) is 6.92 Å². The Balaban J connectivity index is 2.48. The minimum absolute atomic E-state index is 0.104. The van der Waals surface area contributed by atoms with Crippen molar-refractivity contribution in [1.82, 2.24) is 10.2 Å². The van der Waals surface area contributed by atoms with E-state index in [2.05, 4.69) is 5.32 Å². The molecule has 5 nitrogen and oxygen atoms in total. The molecule has 1 atom stereocenters. The zero-order valence-electron chi connectivity index (χ0n) is 10.1. The fourth-order valence-corrected chi connectivity index (χ4v) is 1.78. The highest BCUT2D eigenvalue weighted by molar-refractivity contribution is 6.06. The summed E-state index contributed by atoms with van der Waals surface area (Å²) in [5.41, 5.74) is 4.68. The molecule has 0 aliphatic carbocycles. The topological polar surface area (TPSA) is 75.4 Å². The predicted molar refractivity (Wildman–Crippen MR) is 61.8 cm³/mol. The third kappa shape index (κ3) is 2.52. The highest BCUT2D eigenvalue weighted by Crippen LogP contribution is 2.21. The van der Waals surface area contributed by atoms with E-state index in [1.165, 1.54) is 4.90 Å².